The molecule has 0 aromatic carbocycles. The number of hydrogen-bond acceptors (Lipinski definition) is 2. The summed E-state index contributed by atoms with van der Waals surface area (Å²) in [5.41, 5.74) is 5.44. The molecule has 0 radical (unpaired) electrons. The monoisotopic (exact) mass is 225 g/mol. The summed E-state index contributed by atoms with van der Waals surface area (Å²) >= 11 is 0. The van der Waals surface area contributed by atoms with Gasteiger partial charge in [-0.15, -0.1) is 24.8 Å². The molecule has 13 heavy (non-hydrogen) atoms. The molecule has 0 atom stereocenters. The first kappa shape index (κ1) is 15.2. The van der Waals surface area contributed by atoms with Crippen LogP contribution in [0.2, 0.25) is 0 Å². The molecule has 0 aliphatic carbocycles. The fourth-order valence-electron chi connectivity index (χ4n) is 1.15. The number of halogens is 2. The van der Waals surface area contributed by atoms with Gasteiger partial charge < -0.3 is 10.3 Å². The van der Waals surface area contributed by atoms with E-state index in [1.165, 1.54) is 0 Å². The summed E-state index contributed by atoms with van der Waals surface area (Å²) in [6.07, 6.45) is 3.80. The maximum absolute atomic E-state index is 5.44. The molecule has 0 amide bonds. The molecule has 2 N–H and O–H groups in total. The average Bonchev–Trinajstić information content (AvgIpc) is 2.36. The summed E-state index contributed by atoms with van der Waals surface area (Å²) in [5.74, 6) is 1.60. The molecule has 78 valence electrons. The Morgan fingerprint density at radius 2 is 2.08 bits per heavy atom. The lowest BCUT2D eigenvalue weighted by molar-refractivity contribution is 0.627. The molecule has 3 nitrogen and oxygen atoms in total. The van der Waals surface area contributed by atoms with Crippen molar-refractivity contribution >= 4 is 24.8 Å². The van der Waals surface area contributed by atoms with Gasteiger partial charge in [-0.3, -0.25) is 0 Å². The van der Waals surface area contributed by atoms with Crippen molar-refractivity contribution < 1.29 is 0 Å². The van der Waals surface area contributed by atoms with Crippen LogP contribution in [0.25, 0.3) is 0 Å². The molecule has 0 bridgehead atoms. The van der Waals surface area contributed by atoms with Gasteiger partial charge in [-0.05, 0) is 0 Å². The van der Waals surface area contributed by atoms with E-state index in [9.17, 15) is 0 Å². The van der Waals surface area contributed by atoms with Gasteiger partial charge in [0, 0.05) is 31.4 Å². The van der Waals surface area contributed by atoms with Crippen LogP contribution in [0, 0.1) is 0 Å². The number of nitrogens with zero attached hydrogens (tertiary/aromatic N) is 2. The number of nitrogens with two attached hydrogens (primary N) is 1. The predicted molar refractivity (Wildman–Crippen MR) is 59.9 cm³/mol. The van der Waals surface area contributed by atoms with E-state index >= 15 is 0 Å². The van der Waals surface area contributed by atoms with Crippen LogP contribution in [0.15, 0.2) is 12.4 Å². The van der Waals surface area contributed by atoms with Gasteiger partial charge in [0.15, 0.2) is 0 Å². The lowest BCUT2D eigenvalue weighted by Crippen LogP contribution is -2.12. The van der Waals surface area contributed by atoms with E-state index in [-0.39, 0.29) is 24.8 Å². The molecule has 5 heteroatoms. The first-order chi connectivity index (χ1) is 5.25. The largest absolute Gasteiger partial charge is 0.333 e. The van der Waals surface area contributed by atoms with Crippen molar-refractivity contribution in [2.24, 2.45) is 5.73 Å². The minimum atomic E-state index is 0. The zero-order valence-corrected chi connectivity index (χ0v) is 9.57. The maximum atomic E-state index is 5.44. The van der Waals surface area contributed by atoms with Crippen LogP contribution in [0.3, 0.4) is 0 Å². The molecular formula is C8H17Cl2N3. The highest BCUT2D eigenvalue weighted by molar-refractivity contribution is 5.85. The SMILES string of the molecule is CC(C)c1nccn1CCN.Cl.Cl. The van der Waals surface area contributed by atoms with E-state index < -0.39 is 0 Å². The molecule has 1 heterocycles. The summed E-state index contributed by atoms with van der Waals surface area (Å²) in [5, 5.41) is 0. The molecule has 0 spiro atoms. The Morgan fingerprint density at radius 1 is 1.46 bits per heavy atom. The first-order valence-electron chi connectivity index (χ1n) is 3.96. The highest BCUT2D eigenvalue weighted by Crippen LogP contribution is 2.10. The Hall–Kier alpha value is -0.250. The van der Waals surface area contributed by atoms with Crippen molar-refractivity contribution in [2.45, 2.75) is 26.3 Å². The molecule has 0 saturated heterocycles. The Kier molecular flexibility index (Phi) is 8.42. The Balaban J connectivity index is 0. The second kappa shape index (κ2) is 7.18. The molecule has 0 fully saturated rings. The van der Waals surface area contributed by atoms with Crippen molar-refractivity contribution in [1.29, 1.82) is 0 Å². The quantitative estimate of drug-likeness (QED) is 0.854. The summed E-state index contributed by atoms with van der Waals surface area (Å²) in [7, 11) is 0. The zero-order valence-electron chi connectivity index (χ0n) is 7.93. The van der Waals surface area contributed by atoms with Crippen LogP contribution in [-0.2, 0) is 6.54 Å². The molecule has 0 aliphatic rings. The van der Waals surface area contributed by atoms with Gasteiger partial charge in [0.1, 0.15) is 5.82 Å². The summed E-state index contributed by atoms with van der Waals surface area (Å²) in [6.45, 7) is 5.81. The molecule has 1 aromatic rings. The van der Waals surface area contributed by atoms with Gasteiger partial charge in [-0.2, -0.15) is 0 Å². The summed E-state index contributed by atoms with van der Waals surface area (Å²) in [4.78, 5) is 4.24. The van der Waals surface area contributed by atoms with Crippen molar-refractivity contribution in [1.82, 2.24) is 9.55 Å². The minimum absolute atomic E-state index is 0. The van der Waals surface area contributed by atoms with Gasteiger partial charge in [0.2, 0.25) is 0 Å². The lowest BCUT2D eigenvalue weighted by atomic mass is 10.2. The standard InChI is InChI=1S/C8H15N3.2ClH/c1-7(2)8-10-4-6-11(8)5-3-9;;/h4,6-7H,3,5,9H2,1-2H3;2*1H. The number of hydrogen-bond donors (Lipinski definition) is 1. The Labute approximate surface area is 91.5 Å². The van der Waals surface area contributed by atoms with Crippen LogP contribution < -0.4 is 5.73 Å². The summed E-state index contributed by atoms with van der Waals surface area (Å²) in [6, 6.07) is 0. The van der Waals surface area contributed by atoms with Gasteiger partial charge in [0.25, 0.3) is 0 Å². The minimum Gasteiger partial charge on any atom is -0.333 e. The smallest absolute Gasteiger partial charge is 0.111 e. The highest BCUT2D eigenvalue weighted by atomic mass is 35.5. The Morgan fingerprint density at radius 3 is 2.54 bits per heavy atom. The second-order valence-electron chi connectivity index (χ2n) is 2.92. The Bertz CT molecular complexity index is 223. The molecule has 1 rings (SSSR count). The number of imidazole rings is 1. The van der Waals surface area contributed by atoms with Crippen molar-refractivity contribution in [2.75, 3.05) is 6.54 Å². The average molecular weight is 226 g/mol. The van der Waals surface area contributed by atoms with E-state index in [0.717, 1.165) is 12.4 Å². The van der Waals surface area contributed by atoms with Crippen molar-refractivity contribution in [3.63, 3.8) is 0 Å². The van der Waals surface area contributed by atoms with E-state index in [4.69, 9.17) is 5.73 Å². The van der Waals surface area contributed by atoms with Gasteiger partial charge in [-0.1, -0.05) is 13.8 Å². The number of rotatable bonds is 3. The van der Waals surface area contributed by atoms with Gasteiger partial charge >= 0.3 is 0 Å². The maximum Gasteiger partial charge on any atom is 0.111 e. The summed E-state index contributed by atoms with van der Waals surface area (Å²) < 4.78 is 2.10. The van der Waals surface area contributed by atoms with Crippen molar-refractivity contribution in [3.05, 3.63) is 18.2 Å². The van der Waals surface area contributed by atoms with E-state index in [1.807, 2.05) is 12.4 Å². The van der Waals surface area contributed by atoms with Crippen LogP contribution >= 0.6 is 24.8 Å². The van der Waals surface area contributed by atoms with Crippen LogP contribution in [0.4, 0.5) is 0 Å². The van der Waals surface area contributed by atoms with Gasteiger partial charge in [0.05, 0.1) is 0 Å². The fourth-order valence-corrected chi connectivity index (χ4v) is 1.15. The fraction of sp³-hybridized carbons (Fsp3) is 0.625. The zero-order chi connectivity index (χ0) is 8.27. The normalized spacial score (nSPS) is 9.23. The van der Waals surface area contributed by atoms with E-state index in [1.54, 1.807) is 0 Å². The highest BCUT2D eigenvalue weighted by Gasteiger charge is 2.04. The molecule has 0 saturated carbocycles. The van der Waals surface area contributed by atoms with E-state index in [2.05, 4.69) is 23.4 Å². The van der Waals surface area contributed by atoms with Gasteiger partial charge in [-0.25, -0.2) is 4.98 Å². The van der Waals surface area contributed by atoms with Crippen LogP contribution in [0.1, 0.15) is 25.6 Å². The third-order valence-electron chi connectivity index (χ3n) is 1.63. The molecule has 0 aliphatic heterocycles. The van der Waals surface area contributed by atoms with Crippen molar-refractivity contribution in [3.8, 4) is 0 Å². The second-order valence-corrected chi connectivity index (χ2v) is 2.92. The third-order valence-corrected chi connectivity index (χ3v) is 1.63. The first-order valence-corrected chi connectivity index (χ1v) is 3.96. The molecule has 0 unspecified atom stereocenters. The van der Waals surface area contributed by atoms with Crippen LogP contribution in [-0.4, -0.2) is 16.1 Å². The lowest BCUT2D eigenvalue weighted by Gasteiger charge is -2.07. The molecule has 1 aromatic heterocycles. The topological polar surface area (TPSA) is 43.8 Å². The number of aromatic nitrogens is 2. The third kappa shape index (κ3) is 3.98. The van der Waals surface area contributed by atoms with E-state index in [0.29, 0.717) is 12.5 Å². The molecular weight excluding hydrogens is 209 g/mol. The van der Waals surface area contributed by atoms with Crippen LogP contribution in [0.5, 0.6) is 0 Å². The predicted octanol–water partition coefficient (Wildman–Crippen LogP) is 1.81.